The van der Waals surface area contributed by atoms with E-state index in [0.717, 1.165) is 5.69 Å². The number of aromatic nitrogens is 3. The summed E-state index contributed by atoms with van der Waals surface area (Å²) in [5.74, 6) is 0.689. The topological polar surface area (TPSA) is 98.1 Å². The van der Waals surface area contributed by atoms with Crippen LogP contribution in [0.1, 0.15) is 5.69 Å². The molecule has 2 heterocycles. The lowest BCUT2D eigenvalue weighted by Gasteiger charge is -1.99. The summed E-state index contributed by atoms with van der Waals surface area (Å²) in [6, 6.07) is 10.3. The Bertz CT molecular complexity index is 767. The highest BCUT2D eigenvalue weighted by Gasteiger charge is 2.12. The molecule has 6 heteroatoms. The van der Waals surface area contributed by atoms with E-state index in [1.54, 1.807) is 12.1 Å². The molecule has 3 rings (SSSR count). The van der Waals surface area contributed by atoms with Crippen LogP contribution < -0.4 is 5.73 Å². The highest BCUT2D eigenvalue weighted by atomic mass is 16.5. The van der Waals surface area contributed by atoms with Gasteiger partial charge in [0.15, 0.2) is 0 Å². The molecule has 0 unspecified atom stereocenters. The highest BCUT2D eigenvalue weighted by molar-refractivity contribution is 5.65. The lowest BCUT2D eigenvalue weighted by atomic mass is 10.2. The Morgan fingerprint density at radius 3 is 2.75 bits per heavy atom. The monoisotopic (exact) mass is 268 g/mol. The predicted molar refractivity (Wildman–Crippen MR) is 73.8 cm³/mol. The second-order valence-corrected chi connectivity index (χ2v) is 4.36. The Morgan fingerprint density at radius 1 is 1.15 bits per heavy atom. The second kappa shape index (κ2) is 4.65. The number of rotatable bonds is 2. The first kappa shape index (κ1) is 12.2. The van der Waals surface area contributed by atoms with E-state index < -0.39 is 0 Å². The fourth-order valence-corrected chi connectivity index (χ4v) is 1.79. The zero-order valence-electron chi connectivity index (χ0n) is 10.7. The zero-order chi connectivity index (χ0) is 14.1. The van der Waals surface area contributed by atoms with Gasteiger partial charge < -0.3 is 15.4 Å². The smallest absolute Gasteiger partial charge is 0.258 e. The van der Waals surface area contributed by atoms with Gasteiger partial charge in [-0.3, -0.25) is 0 Å². The number of nitrogen functional groups attached to an aromatic ring is 1. The second-order valence-electron chi connectivity index (χ2n) is 4.36. The van der Waals surface area contributed by atoms with Crippen LogP contribution in [0.4, 0.5) is 5.69 Å². The van der Waals surface area contributed by atoms with Crippen LogP contribution in [0.5, 0.6) is 5.75 Å². The van der Waals surface area contributed by atoms with Gasteiger partial charge in [0, 0.05) is 11.3 Å². The minimum atomic E-state index is -0.0177. The van der Waals surface area contributed by atoms with E-state index in [2.05, 4.69) is 15.1 Å². The summed E-state index contributed by atoms with van der Waals surface area (Å²) in [6.07, 6.45) is 0. The van der Waals surface area contributed by atoms with Crippen LogP contribution >= 0.6 is 0 Å². The van der Waals surface area contributed by atoms with Gasteiger partial charge in [0.05, 0.1) is 5.69 Å². The van der Waals surface area contributed by atoms with Crippen LogP contribution in [0.2, 0.25) is 0 Å². The average molecular weight is 268 g/mol. The third-order valence-electron chi connectivity index (χ3n) is 2.82. The van der Waals surface area contributed by atoms with Gasteiger partial charge in [-0.15, -0.1) is 0 Å². The third kappa shape index (κ3) is 2.18. The lowest BCUT2D eigenvalue weighted by Crippen LogP contribution is -1.88. The van der Waals surface area contributed by atoms with Crippen LogP contribution in [0.15, 0.2) is 40.9 Å². The molecule has 1 aromatic carbocycles. The van der Waals surface area contributed by atoms with E-state index >= 15 is 0 Å². The number of hydrogen-bond donors (Lipinski definition) is 2. The average Bonchev–Trinajstić information content (AvgIpc) is 2.92. The van der Waals surface area contributed by atoms with E-state index in [4.69, 9.17) is 10.3 Å². The van der Waals surface area contributed by atoms with Gasteiger partial charge in [-0.2, -0.15) is 4.98 Å². The molecule has 0 fully saturated rings. The number of pyridine rings is 1. The fourth-order valence-electron chi connectivity index (χ4n) is 1.79. The molecule has 100 valence electrons. The molecule has 2 aromatic heterocycles. The van der Waals surface area contributed by atoms with Gasteiger partial charge in [0.2, 0.25) is 5.82 Å². The van der Waals surface area contributed by atoms with Crippen molar-refractivity contribution < 1.29 is 9.63 Å². The SMILES string of the molecule is Cc1cccc(-c2noc(-c3ccc(N)c(O)c3)n2)n1. The molecule has 6 nitrogen and oxygen atoms in total. The van der Waals surface area contributed by atoms with E-state index in [1.165, 1.54) is 6.07 Å². The lowest BCUT2D eigenvalue weighted by molar-refractivity contribution is 0.431. The predicted octanol–water partition coefficient (Wildman–Crippen LogP) is 2.39. The Balaban J connectivity index is 1.99. The number of aromatic hydroxyl groups is 1. The molecule has 0 saturated heterocycles. The Kier molecular flexibility index (Phi) is 2.83. The number of hydrogen-bond acceptors (Lipinski definition) is 6. The summed E-state index contributed by atoms with van der Waals surface area (Å²) >= 11 is 0. The van der Waals surface area contributed by atoms with E-state index in [-0.39, 0.29) is 5.75 Å². The Morgan fingerprint density at radius 2 is 2.00 bits per heavy atom. The first-order chi connectivity index (χ1) is 9.63. The van der Waals surface area contributed by atoms with Crippen molar-refractivity contribution in [2.75, 3.05) is 5.73 Å². The van der Waals surface area contributed by atoms with Crippen LogP contribution in [-0.4, -0.2) is 20.2 Å². The van der Waals surface area contributed by atoms with Crippen molar-refractivity contribution in [2.45, 2.75) is 6.92 Å². The summed E-state index contributed by atoms with van der Waals surface area (Å²) in [4.78, 5) is 8.60. The molecule has 0 radical (unpaired) electrons. The van der Waals surface area contributed by atoms with Gasteiger partial charge in [0.1, 0.15) is 11.4 Å². The molecule has 0 aliphatic heterocycles. The summed E-state index contributed by atoms with van der Waals surface area (Å²) < 4.78 is 5.19. The maximum Gasteiger partial charge on any atom is 0.258 e. The van der Waals surface area contributed by atoms with E-state index in [9.17, 15) is 5.11 Å². The number of phenols is 1. The Labute approximate surface area is 114 Å². The van der Waals surface area contributed by atoms with Crippen LogP contribution in [0, 0.1) is 6.92 Å². The summed E-state index contributed by atoms with van der Waals surface area (Å²) in [6.45, 7) is 1.89. The van der Waals surface area contributed by atoms with Crippen molar-refractivity contribution in [1.29, 1.82) is 0 Å². The number of nitrogens with two attached hydrogens (primary N) is 1. The fraction of sp³-hybridized carbons (Fsp3) is 0.0714. The molecule has 0 amide bonds. The van der Waals surface area contributed by atoms with Crippen LogP contribution in [-0.2, 0) is 0 Å². The molecule has 0 bridgehead atoms. The minimum Gasteiger partial charge on any atom is -0.506 e. The Hall–Kier alpha value is -2.89. The first-order valence-electron chi connectivity index (χ1n) is 6.00. The maximum absolute atomic E-state index is 9.59. The molecule has 20 heavy (non-hydrogen) atoms. The van der Waals surface area contributed by atoms with Gasteiger partial charge >= 0.3 is 0 Å². The summed E-state index contributed by atoms with van der Waals surface area (Å²) in [5.41, 5.74) is 7.97. The molecule has 0 aliphatic rings. The number of benzene rings is 1. The number of nitrogens with zero attached hydrogens (tertiary/aromatic N) is 3. The molecule has 0 aliphatic carbocycles. The van der Waals surface area contributed by atoms with E-state index in [1.807, 2.05) is 25.1 Å². The largest absolute Gasteiger partial charge is 0.506 e. The molecule has 3 aromatic rings. The third-order valence-corrected chi connectivity index (χ3v) is 2.82. The van der Waals surface area contributed by atoms with Crippen molar-refractivity contribution in [2.24, 2.45) is 0 Å². The van der Waals surface area contributed by atoms with Crippen LogP contribution in [0.25, 0.3) is 23.0 Å². The number of anilines is 1. The van der Waals surface area contributed by atoms with Crippen molar-refractivity contribution in [1.82, 2.24) is 15.1 Å². The van der Waals surface area contributed by atoms with Gasteiger partial charge in [-0.05, 0) is 37.3 Å². The number of aryl methyl sites for hydroxylation is 1. The van der Waals surface area contributed by atoms with Gasteiger partial charge in [-0.1, -0.05) is 11.2 Å². The summed E-state index contributed by atoms with van der Waals surface area (Å²) in [5, 5.41) is 13.5. The normalized spacial score (nSPS) is 10.7. The van der Waals surface area contributed by atoms with Crippen molar-refractivity contribution in [3.05, 3.63) is 42.1 Å². The number of phenolic OH excluding ortho intramolecular Hbond substituents is 1. The molecular formula is C14H12N4O2. The highest BCUT2D eigenvalue weighted by Crippen LogP contribution is 2.27. The molecule has 0 spiro atoms. The van der Waals surface area contributed by atoms with Gasteiger partial charge in [-0.25, -0.2) is 4.98 Å². The molecule has 0 saturated carbocycles. The molecule has 3 N–H and O–H groups in total. The van der Waals surface area contributed by atoms with Crippen molar-refractivity contribution in [3.8, 4) is 28.7 Å². The molecular weight excluding hydrogens is 256 g/mol. The zero-order valence-corrected chi connectivity index (χ0v) is 10.7. The first-order valence-corrected chi connectivity index (χ1v) is 6.00. The molecule has 0 atom stereocenters. The minimum absolute atomic E-state index is 0.0177. The van der Waals surface area contributed by atoms with Crippen molar-refractivity contribution >= 4 is 5.69 Å². The maximum atomic E-state index is 9.59. The quantitative estimate of drug-likeness (QED) is 0.547. The standard InChI is InChI=1S/C14H12N4O2/c1-8-3-2-4-11(16-8)13-17-14(20-18-13)9-5-6-10(15)12(19)7-9/h2-7,19H,15H2,1H3. The van der Waals surface area contributed by atoms with E-state index in [0.29, 0.717) is 28.7 Å². The van der Waals surface area contributed by atoms with Gasteiger partial charge in [0.25, 0.3) is 5.89 Å². The summed E-state index contributed by atoms with van der Waals surface area (Å²) in [7, 11) is 0. The van der Waals surface area contributed by atoms with Crippen LogP contribution in [0.3, 0.4) is 0 Å². The van der Waals surface area contributed by atoms with Crippen molar-refractivity contribution in [3.63, 3.8) is 0 Å².